The van der Waals surface area contributed by atoms with E-state index in [0.717, 1.165) is 12.0 Å². The number of methoxy groups -OCH3 is 1. The minimum Gasteiger partial charge on any atom is -0.493 e. The van der Waals surface area contributed by atoms with Gasteiger partial charge < -0.3 is 14.2 Å². The topological polar surface area (TPSA) is 57.1 Å². The Morgan fingerprint density at radius 3 is 2.63 bits per heavy atom. The number of cyclic esters (lactones) is 1. The second kappa shape index (κ2) is 8.46. The molecule has 0 spiro atoms. The van der Waals surface area contributed by atoms with Gasteiger partial charge in [0.15, 0.2) is 17.2 Å². The standard InChI is InChI=1S/C20H17Cl2NO4/c1-3-8-26-18-10-12(4-7-17(18)25-2)9-16-20(24)27-19(23-16)13-5-6-14(21)15(22)11-13/h4-7,9-11H,3,8H2,1-2H3/b16-9-. The maximum Gasteiger partial charge on any atom is 0.363 e. The van der Waals surface area contributed by atoms with Crippen molar-refractivity contribution in [1.82, 2.24) is 0 Å². The van der Waals surface area contributed by atoms with Crippen LogP contribution in [0, 0.1) is 0 Å². The number of aliphatic imine (C=N–C) groups is 1. The number of ether oxygens (including phenoxy) is 3. The molecule has 140 valence electrons. The van der Waals surface area contributed by atoms with Gasteiger partial charge in [-0.05, 0) is 48.4 Å². The molecule has 2 aromatic rings. The molecule has 0 saturated carbocycles. The van der Waals surface area contributed by atoms with Gasteiger partial charge in [-0.2, -0.15) is 0 Å². The van der Waals surface area contributed by atoms with Crippen molar-refractivity contribution in [1.29, 1.82) is 0 Å². The van der Waals surface area contributed by atoms with Crippen molar-refractivity contribution in [3.8, 4) is 11.5 Å². The third kappa shape index (κ3) is 4.43. The van der Waals surface area contributed by atoms with Crippen molar-refractivity contribution in [2.24, 2.45) is 4.99 Å². The van der Waals surface area contributed by atoms with Crippen LogP contribution in [0.4, 0.5) is 0 Å². The number of hydrogen-bond acceptors (Lipinski definition) is 5. The van der Waals surface area contributed by atoms with E-state index in [1.54, 1.807) is 43.5 Å². The number of rotatable bonds is 6. The van der Waals surface area contributed by atoms with Gasteiger partial charge >= 0.3 is 5.97 Å². The second-order valence-electron chi connectivity index (χ2n) is 5.72. The summed E-state index contributed by atoms with van der Waals surface area (Å²) >= 11 is 11.9. The SMILES string of the molecule is CCCOc1cc(/C=C2\N=C(c3ccc(Cl)c(Cl)c3)OC2=O)ccc1OC. The van der Waals surface area contributed by atoms with Crippen LogP contribution in [0.1, 0.15) is 24.5 Å². The van der Waals surface area contributed by atoms with Crippen LogP contribution in [0.15, 0.2) is 47.1 Å². The van der Waals surface area contributed by atoms with Gasteiger partial charge in [-0.15, -0.1) is 0 Å². The average Bonchev–Trinajstić information content (AvgIpc) is 3.03. The van der Waals surface area contributed by atoms with E-state index in [2.05, 4.69) is 4.99 Å². The third-order valence-electron chi connectivity index (χ3n) is 3.74. The summed E-state index contributed by atoms with van der Waals surface area (Å²) in [5, 5.41) is 0.775. The first-order valence-electron chi connectivity index (χ1n) is 8.30. The predicted octanol–water partition coefficient (Wildman–Crippen LogP) is 5.14. The van der Waals surface area contributed by atoms with Crippen molar-refractivity contribution < 1.29 is 19.0 Å². The van der Waals surface area contributed by atoms with Crippen molar-refractivity contribution in [3.05, 3.63) is 63.3 Å². The second-order valence-corrected chi connectivity index (χ2v) is 6.54. The molecule has 0 aromatic heterocycles. The number of carbonyl (C=O) groups is 1. The molecular weight excluding hydrogens is 389 g/mol. The van der Waals surface area contributed by atoms with E-state index in [-0.39, 0.29) is 11.6 Å². The highest BCUT2D eigenvalue weighted by Crippen LogP contribution is 2.30. The van der Waals surface area contributed by atoms with Crippen LogP contribution in [0.3, 0.4) is 0 Å². The van der Waals surface area contributed by atoms with E-state index < -0.39 is 5.97 Å². The summed E-state index contributed by atoms with van der Waals surface area (Å²) in [5.74, 6) is 0.872. The lowest BCUT2D eigenvalue weighted by molar-refractivity contribution is -0.129. The molecule has 0 unspecified atom stereocenters. The molecule has 7 heteroatoms. The van der Waals surface area contributed by atoms with E-state index in [0.29, 0.717) is 33.7 Å². The average molecular weight is 406 g/mol. The quantitative estimate of drug-likeness (QED) is 0.493. The van der Waals surface area contributed by atoms with Gasteiger partial charge in [0, 0.05) is 5.56 Å². The maximum atomic E-state index is 12.2. The van der Waals surface area contributed by atoms with E-state index >= 15 is 0 Å². The van der Waals surface area contributed by atoms with Gasteiger partial charge in [-0.1, -0.05) is 36.2 Å². The molecule has 0 aliphatic carbocycles. The Hall–Kier alpha value is -2.50. The van der Waals surface area contributed by atoms with E-state index in [1.165, 1.54) is 0 Å². The van der Waals surface area contributed by atoms with Crippen molar-refractivity contribution in [2.45, 2.75) is 13.3 Å². The van der Waals surface area contributed by atoms with E-state index in [1.807, 2.05) is 13.0 Å². The largest absolute Gasteiger partial charge is 0.493 e. The highest BCUT2D eigenvalue weighted by atomic mass is 35.5. The zero-order valence-electron chi connectivity index (χ0n) is 14.8. The molecule has 0 fully saturated rings. The Bertz CT molecular complexity index is 938. The fraction of sp³-hybridized carbons (Fsp3) is 0.200. The molecule has 0 atom stereocenters. The number of nitrogens with zero attached hydrogens (tertiary/aromatic N) is 1. The Labute approximate surface area is 167 Å². The number of benzene rings is 2. The summed E-state index contributed by atoms with van der Waals surface area (Å²) < 4.78 is 16.2. The van der Waals surface area contributed by atoms with Crippen LogP contribution in [0.5, 0.6) is 11.5 Å². The highest BCUT2D eigenvalue weighted by Gasteiger charge is 2.24. The summed E-state index contributed by atoms with van der Waals surface area (Å²) in [5.41, 5.74) is 1.50. The lowest BCUT2D eigenvalue weighted by atomic mass is 10.1. The Morgan fingerprint density at radius 2 is 1.93 bits per heavy atom. The molecule has 2 aromatic carbocycles. The predicted molar refractivity (Wildman–Crippen MR) is 106 cm³/mol. The van der Waals surface area contributed by atoms with Crippen LogP contribution in [-0.4, -0.2) is 25.6 Å². The zero-order valence-corrected chi connectivity index (χ0v) is 16.3. The molecule has 0 radical (unpaired) electrons. The first kappa shape index (κ1) is 19.3. The molecule has 1 heterocycles. The molecule has 0 saturated heterocycles. The first-order valence-corrected chi connectivity index (χ1v) is 9.06. The van der Waals surface area contributed by atoms with Crippen LogP contribution in [-0.2, 0) is 9.53 Å². The lowest BCUT2D eigenvalue weighted by Crippen LogP contribution is -2.05. The first-order chi connectivity index (χ1) is 13.0. The minimum absolute atomic E-state index is 0.181. The van der Waals surface area contributed by atoms with Gasteiger partial charge in [-0.25, -0.2) is 9.79 Å². The summed E-state index contributed by atoms with van der Waals surface area (Å²) in [6, 6.07) is 10.3. The number of carbonyl (C=O) groups excluding carboxylic acids is 1. The van der Waals surface area contributed by atoms with E-state index in [9.17, 15) is 4.79 Å². The molecular formula is C20H17Cl2NO4. The summed E-state index contributed by atoms with van der Waals surface area (Å²) in [6.07, 6.45) is 2.50. The fourth-order valence-electron chi connectivity index (χ4n) is 2.43. The van der Waals surface area contributed by atoms with Gasteiger partial charge in [0.25, 0.3) is 0 Å². The molecule has 3 rings (SSSR count). The minimum atomic E-state index is -0.539. The fourth-order valence-corrected chi connectivity index (χ4v) is 2.73. The Balaban J connectivity index is 1.90. The molecule has 0 N–H and O–H groups in total. The van der Waals surface area contributed by atoms with Crippen LogP contribution in [0.25, 0.3) is 6.08 Å². The van der Waals surface area contributed by atoms with Crippen molar-refractivity contribution in [3.63, 3.8) is 0 Å². The normalized spacial score (nSPS) is 14.9. The monoisotopic (exact) mass is 405 g/mol. The van der Waals surface area contributed by atoms with Crippen LogP contribution >= 0.6 is 23.2 Å². The number of hydrogen-bond donors (Lipinski definition) is 0. The van der Waals surface area contributed by atoms with Crippen LogP contribution in [0.2, 0.25) is 10.0 Å². The highest BCUT2D eigenvalue weighted by molar-refractivity contribution is 6.42. The summed E-state index contributed by atoms with van der Waals surface area (Å²) in [6.45, 7) is 2.59. The molecule has 1 aliphatic heterocycles. The molecule has 1 aliphatic rings. The zero-order chi connectivity index (χ0) is 19.4. The lowest BCUT2D eigenvalue weighted by Gasteiger charge is -2.10. The smallest absolute Gasteiger partial charge is 0.363 e. The third-order valence-corrected chi connectivity index (χ3v) is 4.48. The Kier molecular flexibility index (Phi) is 6.04. The number of esters is 1. The summed E-state index contributed by atoms with van der Waals surface area (Å²) in [4.78, 5) is 16.4. The van der Waals surface area contributed by atoms with Crippen molar-refractivity contribution in [2.75, 3.05) is 13.7 Å². The maximum absolute atomic E-state index is 12.2. The molecule has 0 amide bonds. The van der Waals surface area contributed by atoms with Crippen molar-refractivity contribution >= 4 is 41.1 Å². The molecule has 27 heavy (non-hydrogen) atoms. The van der Waals surface area contributed by atoms with Gasteiger partial charge in [0.1, 0.15) is 0 Å². The molecule has 0 bridgehead atoms. The van der Waals surface area contributed by atoms with Gasteiger partial charge in [-0.3, -0.25) is 0 Å². The molecule has 5 nitrogen and oxygen atoms in total. The van der Waals surface area contributed by atoms with Gasteiger partial charge in [0.2, 0.25) is 5.90 Å². The van der Waals surface area contributed by atoms with Crippen LogP contribution < -0.4 is 9.47 Å². The Morgan fingerprint density at radius 1 is 1.11 bits per heavy atom. The van der Waals surface area contributed by atoms with E-state index in [4.69, 9.17) is 37.4 Å². The van der Waals surface area contributed by atoms with Gasteiger partial charge in [0.05, 0.1) is 23.8 Å². The number of halogens is 2. The summed E-state index contributed by atoms with van der Waals surface area (Å²) in [7, 11) is 1.58.